The second-order valence-corrected chi connectivity index (χ2v) is 4.13. The van der Waals surface area contributed by atoms with Crippen LogP contribution in [0.5, 0.6) is 5.88 Å². The molecule has 0 fully saturated rings. The van der Waals surface area contributed by atoms with Crippen LogP contribution in [0.2, 0.25) is 0 Å². The lowest BCUT2D eigenvalue weighted by atomic mass is 10.3. The molecule has 1 rings (SSSR count). The molecule has 0 radical (unpaired) electrons. The van der Waals surface area contributed by atoms with Gasteiger partial charge in [0.1, 0.15) is 12.4 Å². The average Bonchev–Trinajstić information content (AvgIpc) is 2.38. The normalized spacial score (nSPS) is 11.7. The number of hydrogen-bond acceptors (Lipinski definition) is 5. The average molecular weight is 267 g/mol. The molecule has 0 saturated heterocycles. The van der Waals surface area contributed by atoms with Gasteiger partial charge in [-0.05, 0) is 13.8 Å². The number of carboxylic acids is 1. The minimum atomic E-state index is -1.04. The van der Waals surface area contributed by atoms with E-state index in [1.165, 1.54) is 25.2 Å². The molecule has 19 heavy (non-hydrogen) atoms. The van der Waals surface area contributed by atoms with E-state index in [0.717, 1.165) is 5.56 Å². The number of hydrogen-bond donors (Lipinski definition) is 1. The number of aromatic nitrogens is 2. The van der Waals surface area contributed by atoms with E-state index in [2.05, 4.69) is 9.97 Å². The summed E-state index contributed by atoms with van der Waals surface area (Å²) in [5.41, 5.74) is 0.780. The zero-order valence-electron chi connectivity index (χ0n) is 11.2. The molecule has 0 spiro atoms. The van der Waals surface area contributed by atoms with Crippen molar-refractivity contribution in [1.82, 2.24) is 14.9 Å². The predicted octanol–water partition coefficient (Wildman–Crippen LogP) is 0.485. The maximum absolute atomic E-state index is 11.7. The molecule has 1 aromatic rings. The zero-order valence-corrected chi connectivity index (χ0v) is 11.2. The Kier molecular flexibility index (Phi) is 5.23. The summed E-state index contributed by atoms with van der Waals surface area (Å²) in [6, 6.07) is -0.853. The van der Waals surface area contributed by atoms with Gasteiger partial charge in [0.2, 0.25) is 11.8 Å². The van der Waals surface area contributed by atoms with Crippen molar-refractivity contribution in [3.8, 4) is 5.88 Å². The number of carbonyl (C=O) groups is 2. The molecule has 1 N–H and O–H groups in total. The SMILES string of the molecule is Cc1cncnc1OCCC(=O)N(C)C(C)C(=O)O. The second-order valence-electron chi connectivity index (χ2n) is 4.13. The Hall–Kier alpha value is -2.18. The lowest BCUT2D eigenvalue weighted by Crippen LogP contribution is -2.40. The standard InChI is InChI=1S/C12H17N3O4/c1-8-6-13-7-14-11(8)19-5-4-10(16)15(3)9(2)12(17)18/h6-7,9H,4-5H2,1-3H3,(H,17,18). The number of ether oxygens (including phenoxy) is 1. The molecule has 1 atom stereocenters. The second kappa shape index (κ2) is 6.67. The van der Waals surface area contributed by atoms with Crippen LogP contribution in [0.1, 0.15) is 18.9 Å². The van der Waals surface area contributed by atoms with Gasteiger partial charge in [-0.2, -0.15) is 0 Å². The van der Waals surface area contributed by atoms with E-state index in [1.54, 1.807) is 13.1 Å². The highest BCUT2D eigenvalue weighted by Gasteiger charge is 2.21. The molecule has 104 valence electrons. The van der Waals surface area contributed by atoms with Crippen molar-refractivity contribution in [2.75, 3.05) is 13.7 Å². The first-order valence-corrected chi connectivity index (χ1v) is 5.81. The van der Waals surface area contributed by atoms with Crippen molar-refractivity contribution in [3.63, 3.8) is 0 Å². The van der Waals surface area contributed by atoms with Gasteiger partial charge in [0.15, 0.2) is 0 Å². The third-order valence-electron chi connectivity index (χ3n) is 2.73. The molecule has 1 amide bonds. The molecule has 0 bridgehead atoms. The fourth-order valence-electron chi connectivity index (χ4n) is 1.33. The van der Waals surface area contributed by atoms with Crippen LogP contribution in [0.15, 0.2) is 12.5 Å². The van der Waals surface area contributed by atoms with E-state index in [-0.39, 0.29) is 18.9 Å². The number of aryl methyl sites for hydroxylation is 1. The summed E-state index contributed by atoms with van der Waals surface area (Å²) in [5, 5.41) is 8.80. The topological polar surface area (TPSA) is 92.6 Å². The molecule has 7 heteroatoms. The van der Waals surface area contributed by atoms with Gasteiger partial charge in [0, 0.05) is 18.8 Å². The third kappa shape index (κ3) is 4.20. The van der Waals surface area contributed by atoms with Gasteiger partial charge < -0.3 is 14.7 Å². The molecule has 1 unspecified atom stereocenters. The van der Waals surface area contributed by atoms with Crippen molar-refractivity contribution in [2.45, 2.75) is 26.3 Å². The van der Waals surface area contributed by atoms with Crippen LogP contribution in [0.3, 0.4) is 0 Å². The Morgan fingerprint density at radius 1 is 1.53 bits per heavy atom. The van der Waals surface area contributed by atoms with Gasteiger partial charge in [-0.15, -0.1) is 0 Å². The van der Waals surface area contributed by atoms with Crippen molar-refractivity contribution >= 4 is 11.9 Å². The van der Waals surface area contributed by atoms with Crippen LogP contribution in [0.25, 0.3) is 0 Å². The van der Waals surface area contributed by atoms with Gasteiger partial charge >= 0.3 is 5.97 Å². The number of likely N-dealkylation sites (N-methyl/N-ethyl adjacent to an activating group) is 1. The summed E-state index contributed by atoms with van der Waals surface area (Å²) in [4.78, 5) is 31.4. The first-order chi connectivity index (χ1) is 8.93. The number of amides is 1. The van der Waals surface area contributed by atoms with Gasteiger partial charge in [0.05, 0.1) is 13.0 Å². The zero-order chi connectivity index (χ0) is 14.4. The van der Waals surface area contributed by atoms with Crippen molar-refractivity contribution < 1.29 is 19.4 Å². The summed E-state index contributed by atoms with van der Waals surface area (Å²) in [5.74, 6) is -0.901. The largest absolute Gasteiger partial charge is 0.480 e. The molecule has 7 nitrogen and oxygen atoms in total. The van der Waals surface area contributed by atoms with Gasteiger partial charge in [-0.3, -0.25) is 4.79 Å². The number of carbonyl (C=O) groups excluding carboxylic acids is 1. The third-order valence-corrected chi connectivity index (χ3v) is 2.73. The van der Waals surface area contributed by atoms with E-state index in [4.69, 9.17) is 9.84 Å². The molecule has 1 aromatic heterocycles. The fourth-order valence-corrected chi connectivity index (χ4v) is 1.33. The minimum Gasteiger partial charge on any atom is -0.480 e. The van der Waals surface area contributed by atoms with E-state index >= 15 is 0 Å². The van der Waals surface area contributed by atoms with Crippen LogP contribution >= 0.6 is 0 Å². The molecule has 0 aliphatic heterocycles. The first kappa shape index (κ1) is 14.9. The Morgan fingerprint density at radius 3 is 2.79 bits per heavy atom. The summed E-state index contributed by atoms with van der Waals surface area (Å²) in [6.45, 7) is 3.40. The minimum absolute atomic E-state index is 0.0948. The molecule has 0 aromatic carbocycles. The molecule has 0 aliphatic rings. The van der Waals surface area contributed by atoms with E-state index in [9.17, 15) is 9.59 Å². The van der Waals surface area contributed by atoms with Crippen LogP contribution in [-0.2, 0) is 9.59 Å². The van der Waals surface area contributed by atoms with Crippen molar-refractivity contribution in [2.24, 2.45) is 0 Å². The van der Waals surface area contributed by atoms with Gasteiger partial charge in [0.25, 0.3) is 0 Å². The number of aliphatic carboxylic acids is 1. The van der Waals surface area contributed by atoms with Crippen LogP contribution < -0.4 is 4.74 Å². The number of nitrogens with zero attached hydrogens (tertiary/aromatic N) is 3. The monoisotopic (exact) mass is 267 g/mol. The smallest absolute Gasteiger partial charge is 0.326 e. The summed E-state index contributed by atoms with van der Waals surface area (Å²) >= 11 is 0. The van der Waals surface area contributed by atoms with E-state index in [0.29, 0.717) is 5.88 Å². The fraction of sp³-hybridized carbons (Fsp3) is 0.500. The summed E-state index contributed by atoms with van der Waals surface area (Å²) in [6.07, 6.45) is 3.07. The Balaban J connectivity index is 2.43. The quantitative estimate of drug-likeness (QED) is 0.806. The Bertz CT molecular complexity index is 464. The van der Waals surface area contributed by atoms with Crippen molar-refractivity contribution in [3.05, 3.63) is 18.1 Å². The first-order valence-electron chi connectivity index (χ1n) is 5.81. The number of rotatable bonds is 6. The highest BCUT2D eigenvalue weighted by molar-refractivity contribution is 5.83. The van der Waals surface area contributed by atoms with Gasteiger partial charge in [-0.1, -0.05) is 0 Å². The summed E-state index contributed by atoms with van der Waals surface area (Å²) in [7, 11) is 1.46. The van der Waals surface area contributed by atoms with E-state index in [1.807, 2.05) is 0 Å². The Labute approximate surface area is 111 Å². The highest BCUT2D eigenvalue weighted by Crippen LogP contribution is 2.11. The number of carboxylic acid groups (broad SMARTS) is 1. The summed E-state index contributed by atoms with van der Waals surface area (Å²) < 4.78 is 5.35. The van der Waals surface area contributed by atoms with Crippen LogP contribution in [-0.4, -0.2) is 51.5 Å². The lowest BCUT2D eigenvalue weighted by Gasteiger charge is -2.21. The molecule has 0 saturated carbocycles. The van der Waals surface area contributed by atoms with Crippen molar-refractivity contribution in [1.29, 1.82) is 0 Å². The van der Waals surface area contributed by atoms with Gasteiger partial charge in [-0.25, -0.2) is 14.8 Å². The lowest BCUT2D eigenvalue weighted by molar-refractivity contribution is -0.148. The van der Waals surface area contributed by atoms with E-state index < -0.39 is 12.0 Å². The predicted molar refractivity (Wildman–Crippen MR) is 66.7 cm³/mol. The molecule has 0 aliphatic carbocycles. The molecular weight excluding hydrogens is 250 g/mol. The maximum Gasteiger partial charge on any atom is 0.326 e. The molecule has 1 heterocycles. The highest BCUT2D eigenvalue weighted by atomic mass is 16.5. The van der Waals surface area contributed by atoms with Crippen LogP contribution in [0.4, 0.5) is 0 Å². The van der Waals surface area contributed by atoms with Crippen LogP contribution in [0, 0.1) is 6.92 Å². The maximum atomic E-state index is 11.7. The Morgan fingerprint density at radius 2 is 2.21 bits per heavy atom. The molecular formula is C12H17N3O4.